The molecule has 0 aliphatic heterocycles. The average molecular weight is 390 g/mol. The summed E-state index contributed by atoms with van der Waals surface area (Å²) in [6.07, 6.45) is 4.60. The molecule has 0 amide bonds. The number of benzene rings is 2. The second-order valence-electron chi connectivity index (χ2n) is 7.41. The van der Waals surface area contributed by atoms with Gasteiger partial charge in [0.15, 0.2) is 0 Å². The number of hydrogen-bond acceptors (Lipinski definition) is 4. The number of nitrogens with one attached hydrogen (secondary N) is 1. The molecule has 1 aromatic heterocycles. The van der Waals surface area contributed by atoms with Crippen molar-refractivity contribution in [1.82, 2.24) is 14.6 Å². The third kappa shape index (κ3) is 6.20. The van der Waals surface area contributed by atoms with E-state index in [1.165, 1.54) is 35.4 Å². The maximum Gasteiger partial charge on any atom is 0.0541 e. The van der Waals surface area contributed by atoms with E-state index in [-0.39, 0.29) is 0 Å². The number of rotatable bonds is 10. The lowest BCUT2D eigenvalue weighted by molar-refractivity contribution is 0.443. The Labute approximate surface area is 172 Å². The van der Waals surface area contributed by atoms with Crippen LogP contribution < -0.4 is 5.32 Å². The van der Waals surface area contributed by atoms with Gasteiger partial charge in [-0.15, -0.1) is 0 Å². The van der Waals surface area contributed by atoms with Gasteiger partial charge in [-0.05, 0) is 66.1 Å². The number of aromatic nitrogens is 1. The van der Waals surface area contributed by atoms with Crippen molar-refractivity contribution in [2.24, 2.45) is 5.92 Å². The quantitative estimate of drug-likeness (QED) is 0.477. The molecule has 1 N–H and O–H groups in total. The summed E-state index contributed by atoms with van der Waals surface area (Å²) in [6.45, 7) is 3.82. The highest BCUT2D eigenvalue weighted by Crippen LogP contribution is 2.34. The number of pyridine rings is 1. The van der Waals surface area contributed by atoms with Gasteiger partial charge < -0.3 is 5.32 Å². The Bertz CT molecular complexity index is 833. The summed E-state index contributed by atoms with van der Waals surface area (Å²) in [6, 6.07) is 25.7. The van der Waals surface area contributed by atoms with Crippen LogP contribution in [0, 0.1) is 5.92 Å². The minimum atomic E-state index is 0.795. The van der Waals surface area contributed by atoms with Crippen LogP contribution in [0.4, 0.5) is 0 Å². The zero-order valence-corrected chi connectivity index (χ0v) is 16.9. The van der Waals surface area contributed by atoms with Crippen molar-refractivity contribution in [2.45, 2.75) is 37.4 Å². The Hall–Kier alpha value is -2.14. The first-order chi connectivity index (χ1) is 13.8. The maximum atomic E-state index is 4.35. The van der Waals surface area contributed by atoms with E-state index in [0.717, 1.165) is 31.2 Å². The molecular formula is C24H27N3S. The van der Waals surface area contributed by atoms with Gasteiger partial charge in [0, 0.05) is 37.3 Å². The third-order valence-electron chi connectivity index (χ3n) is 4.88. The molecular weight excluding hydrogens is 362 g/mol. The van der Waals surface area contributed by atoms with Crippen molar-refractivity contribution < 1.29 is 0 Å². The lowest BCUT2D eigenvalue weighted by Crippen LogP contribution is -2.18. The second kappa shape index (κ2) is 9.87. The van der Waals surface area contributed by atoms with Crippen LogP contribution >= 0.6 is 11.9 Å². The first-order valence-electron chi connectivity index (χ1n) is 10.0. The van der Waals surface area contributed by atoms with E-state index in [9.17, 15) is 0 Å². The van der Waals surface area contributed by atoms with Crippen molar-refractivity contribution in [3.63, 3.8) is 0 Å². The van der Waals surface area contributed by atoms with E-state index in [4.69, 9.17) is 0 Å². The van der Waals surface area contributed by atoms with Gasteiger partial charge in [-0.2, -0.15) is 0 Å². The van der Waals surface area contributed by atoms with Gasteiger partial charge >= 0.3 is 0 Å². The van der Waals surface area contributed by atoms with Crippen molar-refractivity contribution in [1.29, 1.82) is 0 Å². The maximum absolute atomic E-state index is 4.35. The molecule has 0 saturated heterocycles. The monoisotopic (exact) mass is 389 g/mol. The molecule has 0 radical (unpaired) electrons. The van der Waals surface area contributed by atoms with Crippen LogP contribution in [0.1, 0.15) is 29.7 Å². The van der Waals surface area contributed by atoms with E-state index in [1.54, 1.807) is 0 Å². The van der Waals surface area contributed by atoms with Gasteiger partial charge in [0.05, 0.1) is 5.69 Å². The molecule has 1 saturated carbocycles. The summed E-state index contributed by atoms with van der Waals surface area (Å²) in [5, 5.41) is 3.47. The van der Waals surface area contributed by atoms with E-state index >= 15 is 0 Å². The third-order valence-corrected chi connectivity index (χ3v) is 5.90. The van der Waals surface area contributed by atoms with E-state index < -0.39 is 0 Å². The molecule has 1 aliphatic rings. The molecule has 1 heterocycles. The first kappa shape index (κ1) is 19.2. The lowest BCUT2D eigenvalue weighted by Gasteiger charge is -2.21. The summed E-state index contributed by atoms with van der Waals surface area (Å²) in [5.74, 6) is 0.881. The zero-order chi connectivity index (χ0) is 19.0. The second-order valence-corrected chi connectivity index (χ2v) is 8.58. The van der Waals surface area contributed by atoms with Crippen molar-refractivity contribution >= 4 is 11.9 Å². The van der Waals surface area contributed by atoms with Gasteiger partial charge in [-0.25, -0.2) is 4.31 Å². The molecule has 144 valence electrons. The molecule has 0 unspecified atom stereocenters. The van der Waals surface area contributed by atoms with Crippen molar-refractivity contribution in [2.75, 3.05) is 6.54 Å². The summed E-state index contributed by atoms with van der Waals surface area (Å²) < 4.78 is 2.52. The Kier molecular flexibility index (Phi) is 6.77. The Balaban J connectivity index is 1.30. The molecule has 1 fully saturated rings. The molecule has 0 spiro atoms. The molecule has 4 rings (SSSR count). The number of hydrogen-bond donors (Lipinski definition) is 1. The van der Waals surface area contributed by atoms with Crippen LogP contribution in [-0.2, 0) is 19.6 Å². The van der Waals surface area contributed by atoms with Crippen LogP contribution in [0.3, 0.4) is 0 Å². The fraction of sp³-hybridized carbons (Fsp3) is 0.292. The Morgan fingerprint density at radius 2 is 1.64 bits per heavy atom. The van der Waals surface area contributed by atoms with Crippen LogP contribution in [0.25, 0.3) is 0 Å². The fourth-order valence-corrected chi connectivity index (χ4v) is 4.22. The summed E-state index contributed by atoms with van der Waals surface area (Å²) in [5.41, 5.74) is 3.76. The van der Waals surface area contributed by atoms with Crippen molar-refractivity contribution in [3.05, 3.63) is 95.8 Å². The van der Waals surface area contributed by atoms with Gasteiger partial charge in [-0.3, -0.25) is 4.98 Å². The molecule has 2 aromatic carbocycles. The highest BCUT2D eigenvalue weighted by Gasteiger charge is 2.24. The predicted molar refractivity (Wildman–Crippen MR) is 117 cm³/mol. The Morgan fingerprint density at radius 3 is 2.36 bits per heavy atom. The summed E-state index contributed by atoms with van der Waals surface area (Å²) >= 11 is 1.88. The van der Waals surface area contributed by atoms with Gasteiger partial charge in [0.25, 0.3) is 0 Å². The average Bonchev–Trinajstić information content (AvgIpc) is 3.55. The van der Waals surface area contributed by atoms with Gasteiger partial charge in [-0.1, -0.05) is 48.5 Å². The largest absolute Gasteiger partial charge is 0.307 e. The smallest absolute Gasteiger partial charge is 0.0541 e. The lowest BCUT2D eigenvalue weighted by atomic mass is 10.2. The molecule has 3 aromatic rings. The van der Waals surface area contributed by atoms with Crippen LogP contribution in [0.2, 0.25) is 0 Å². The highest BCUT2D eigenvalue weighted by atomic mass is 32.2. The molecule has 1 aliphatic carbocycles. The highest BCUT2D eigenvalue weighted by molar-refractivity contribution is 7.97. The van der Waals surface area contributed by atoms with Crippen LogP contribution in [-0.4, -0.2) is 15.8 Å². The molecule has 28 heavy (non-hydrogen) atoms. The minimum absolute atomic E-state index is 0.795. The topological polar surface area (TPSA) is 28.2 Å². The van der Waals surface area contributed by atoms with Crippen molar-refractivity contribution in [3.8, 4) is 0 Å². The van der Waals surface area contributed by atoms with Crippen LogP contribution in [0.15, 0.2) is 83.9 Å². The van der Waals surface area contributed by atoms with E-state index in [2.05, 4.69) is 69.2 Å². The molecule has 4 heteroatoms. The molecule has 0 bridgehead atoms. The van der Waals surface area contributed by atoms with Gasteiger partial charge in [0.2, 0.25) is 0 Å². The van der Waals surface area contributed by atoms with E-state index in [0.29, 0.717) is 0 Å². The SMILES string of the molecule is c1ccc(CN(CC2CC2)Sc2ccc(CNCc3ccccn3)cc2)cc1. The predicted octanol–water partition coefficient (Wildman–Crippen LogP) is 5.29. The summed E-state index contributed by atoms with van der Waals surface area (Å²) in [4.78, 5) is 5.66. The first-order valence-corrected chi connectivity index (χ1v) is 10.8. The van der Waals surface area contributed by atoms with E-state index in [1.807, 2.05) is 36.3 Å². The Morgan fingerprint density at radius 1 is 0.857 bits per heavy atom. The minimum Gasteiger partial charge on any atom is -0.307 e. The molecule has 0 atom stereocenters. The van der Waals surface area contributed by atoms with Crippen LogP contribution in [0.5, 0.6) is 0 Å². The summed E-state index contributed by atoms with van der Waals surface area (Å²) in [7, 11) is 0. The number of nitrogens with zero attached hydrogens (tertiary/aromatic N) is 2. The van der Waals surface area contributed by atoms with Gasteiger partial charge in [0.1, 0.15) is 0 Å². The zero-order valence-electron chi connectivity index (χ0n) is 16.1. The normalized spacial score (nSPS) is 13.8. The standard InChI is InChI=1S/C24H27N3S/c1-2-6-21(7-3-1)18-27(19-22-9-10-22)28-24-13-11-20(12-14-24)16-25-17-23-8-4-5-15-26-23/h1-8,11-15,22,25H,9-10,16-19H2. The fourth-order valence-electron chi connectivity index (χ4n) is 3.16. The molecule has 3 nitrogen and oxygen atoms in total.